The van der Waals surface area contributed by atoms with Gasteiger partial charge < -0.3 is 4.90 Å². The number of nitrogens with zero attached hydrogens (tertiary/aromatic N) is 4. The van der Waals surface area contributed by atoms with E-state index in [2.05, 4.69) is 36.3 Å². The van der Waals surface area contributed by atoms with E-state index in [9.17, 15) is 0 Å². The monoisotopic (exact) mass is 372 g/mol. The third kappa shape index (κ3) is 3.70. The highest BCUT2D eigenvalue weighted by atomic mass is 79.9. The van der Waals surface area contributed by atoms with Gasteiger partial charge in [0.25, 0.3) is 0 Å². The Labute approximate surface area is 137 Å². The lowest BCUT2D eigenvalue weighted by Crippen LogP contribution is -2.32. The summed E-state index contributed by atoms with van der Waals surface area (Å²) < 4.78 is 2.94. The molecule has 0 amide bonds. The van der Waals surface area contributed by atoms with E-state index in [1.54, 1.807) is 11.3 Å². The number of aromatic nitrogens is 3. The Morgan fingerprint density at radius 3 is 2.71 bits per heavy atom. The standard InChI is InChI=1S/C13H21BrN6S/c1-8-13(21-9(2)17-8)11(18-15)12-10(14)7-16-20(12)6-5-19(3)4/h7,11,18H,5-6,15H2,1-4H3. The van der Waals surface area contributed by atoms with Crippen LogP contribution in [0.4, 0.5) is 0 Å². The Hall–Kier alpha value is -0.800. The van der Waals surface area contributed by atoms with Crippen molar-refractivity contribution in [3.63, 3.8) is 0 Å². The number of hydrogen-bond acceptors (Lipinski definition) is 6. The van der Waals surface area contributed by atoms with Gasteiger partial charge in [0.1, 0.15) is 0 Å². The molecule has 2 aromatic heterocycles. The van der Waals surface area contributed by atoms with Gasteiger partial charge in [-0.1, -0.05) is 0 Å². The number of hydrazine groups is 1. The topological polar surface area (TPSA) is 72.0 Å². The van der Waals surface area contributed by atoms with Crippen molar-refractivity contribution in [1.29, 1.82) is 0 Å². The summed E-state index contributed by atoms with van der Waals surface area (Å²) in [5, 5.41) is 5.49. The molecule has 6 nitrogen and oxygen atoms in total. The molecule has 2 rings (SSSR count). The summed E-state index contributed by atoms with van der Waals surface area (Å²) in [6.07, 6.45) is 1.82. The third-order valence-electron chi connectivity index (χ3n) is 3.23. The molecule has 3 N–H and O–H groups in total. The van der Waals surface area contributed by atoms with Crippen molar-refractivity contribution >= 4 is 27.3 Å². The number of aryl methyl sites for hydroxylation is 2. The normalized spacial score (nSPS) is 13.1. The van der Waals surface area contributed by atoms with Gasteiger partial charge in [0.05, 0.1) is 44.5 Å². The SMILES string of the molecule is Cc1nc(C)c(C(NN)c2c(Br)cnn2CCN(C)C)s1. The molecule has 116 valence electrons. The number of hydrogen-bond donors (Lipinski definition) is 2. The summed E-state index contributed by atoms with van der Waals surface area (Å²) in [5.74, 6) is 5.82. The predicted molar refractivity (Wildman–Crippen MR) is 89.2 cm³/mol. The van der Waals surface area contributed by atoms with Crippen molar-refractivity contribution in [2.75, 3.05) is 20.6 Å². The van der Waals surface area contributed by atoms with Crippen LogP contribution in [0.2, 0.25) is 0 Å². The zero-order chi connectivity index (χ0) is 15.6. The van der Waals surface area contributed by atoms with Crippen LogP contribution in [0, 0.1) is 13.8 Å². The van der Waals surface area contributed by atoms with Crippen LogP contribution in [0.3, 0.4) is 0 Å². The Morgan fingerprint density at radius 1 is 1.48 bits per heavy atom. The van der Waals surface area contributed by atoms with Crippen molar-refractivity contribution in [2.45, 2.75) is 26.4 Å². The fourth-order valence-corrected chi connectivity index (χ4v) is 3.74. The Bertz CT molecular complexity index is 606. The lowest BCUT2D eigenvalue weighted by Gasteiger charge is -2.19. The molecule has 0 saturated heterocycles. The highest BCUT2D eigenvalue weighted by molar-refractivity contribution is 9.10. The molecule has 1 unspecified atom stereocenters. The van der Waals surface area contributed by atoms with Crippen LogP contribution >= 0.6 is 27.3 Å². The molecule has 0 fully saturated rings. The Morgan fingerprint density at radius 2 is 2.19 bits per heavy atom. The third-order valence-corrected chi connectivity index (χ3v) is 4.98. The molecule has 0 spiro atoms. The van der Waals surface area contributed by atoms with Crippen LogP contribution in [-0.4, -0.2) is 40.3 Å². The maximum Gasteiger partial charge on any atom is 0.1000 e. The van der Waals surface area contributed by atoms with Crippen LogP contribution in [-0.2, 0) is 6.54 Å². The van der Waals surface area contributed by atoms with Gasteiger partial charge in [-0.05, 0) is 43.9 Å². The lowest BCUT2D eigenvalue weighted by atomic mass is 10.1. The minimum atomic E-state index is -0.116. The summed E-state index contributed by atoms with van der Waals surface area (Å²) in [7, 11) is 4.10. The van der Waals surface area contributed by atoms with Gasteiger partial charge in [-0.2, -0.15) is 5.10 Å². The minimum Gasteiger partial charge on any atom is -0.308 e. The van der Waals surface area contributed by atoms with Gasteiger partial charge in [-0.25, -0.2) is 10.4 Å². The molecule has 2 aromatic rings. The van der Waals surface area contributed by atoms with E-state index in [0.717, 1.165) is 38.8 Å². The van der Waals surface area contributed by atoms with Crippen LogP contribution < -0.4 is 11.3 Å². The molecule has 0 aliphatic carbocycles. The first-order chi connectivity index (χ1) is 9.93. The van der Waals surface area contributed by atoms with Crippen molar-refractivity contribution in [3.05, 3.63) is 31.9 Å². The molecule has 1 atom stereocenters. The molecule has 21 heavy (non-hydrogen) atoms. The quantitative estimate of drug-likeness (QED) is 0.597. The molecule has 0 bridgehead atoms. The summed E-state index contributed by atoms with van der Waals surface area (Å²) >= 11 is 5.25. The number of likely N-dealkylation sites (N-methyl/N-ethyl adjacent to an activating group) is 1. The molecule has 2 heterocycles. The average Bonchev–Trinajstić information content (AvgIpc) is 2.93. The minimum absolute atomic E-state index is 0.116. The Kier molecular flexibility index (Phi) is 5.50. The zero-order valence-corrected chi connectivity index (χ0v) is 15.1. The number of thiazole rings is 1. The number of nitrogens with two attached hydrogens (primary N) is 1. The van der Waals surface area contributed by atoms with Gasteiger partial charge in [-0.15, -0.1) is 11.3 Å². The Balaban J connectivity index is 2.38. The van der Waals surface area contributed by atoms with E-state index in [1.165, 1.54) is 0 Å². The van der Waals surface area contributed by atoms with Crippen molar-refractivity contribution in [3.8, 4) is 0 Å². The van der Waals surface area contributed by atoms with Crippen LogP contribution in [0.15, 0.2) is 10.7 Å². The van der Waals surface area contributed by atoms with E-state index >= 15 is 0 Å². The summed E-state index contributed by atoms with van der Waals surface area (Å²) in [6.45, 7) is 5.74. The summed E-state index contributed by atoms with van der Waals surface area (Å²) in [5.41, 5.74) is 4.95. The second-order valence-electron chi connectivity index (χ2n) is 5.19. The highest BCUT2D eigenvalue weighted by Gasteiger charge is 2.24. The largest absolute Gasteiger partial charge is 0.308 e. The van der Waals surface area contributed by atoms with Gasteiger partial charge in [0.2, 0.25) is 0 Å². The second-order valence-corrected chi connectivity index (χ2v) is 7.28. The lowest BCUT2D eigenvalue weighted by molar-refractivity contribution is 0.365. The number of nitrogens with one attached hydrogen (secondary N) is 1. The zero-order valence-electron chi connectivity index (χ0n) is 12.7. The smallest absolute Gasteiger partial charge is 0.1000 e. The molecule has 8 heteroatoms. The van der Waals surface area contributed by atoms with Crippen LogP contribution in [0.1, 0.15) is 27.3 Å². The number of rotatable bonds is 6. The predicted octanol–water partition coefficient (Wildman–Crippen LogP) is 1.83. The first-order valence-corrected chi connectivity index (χ1v) is 8.31. The molecular formula is C13H21BrN6S. The number of halogens is 1. The van der Waals surface area contributed by atoms with E-state index in [1.807, 2.05) is 38.8 Å². The van der Waals surface area contributed by atoms with E-state index < -0.39 is 0 Å². The first-order valence-electron chi connectivity index (χ1n) is 6.70. The van der Waals surface area contributed by atoms with Gasteiger partial charge in [0, 0.05) is 6.54 Å². The first kappa shape index (κ1) is 16.6. The average molecular weight is 373 g/mol. The van der Waals surface area contributed by atoms with E-state index in [4.69, 9.17) is 5.84 Å². The second kappa shape index (κ2) is 6.97. The fraction of sp³-hybridized carbons (Fsp3) is 0.538. The molecule has 0 saturated carbocycles. The molecule has 0 aliphatic rings. The van der Waals surface area contributed by atoms with E-state index in [0.29, 0.717) is 0 Å². The highest BCUT2D eigenvalue weighted by Crippen LogP contribution is 2.33. The summed E-state index contributed by atoms with van der Waals surface area (Å²) in [4.78, 5) is 7.75. The van der Waals surface area contributed by atoms with Gasteiger partial charge >= 0.3 is 0 Å². The maximum absolute atomic E-state index is 5.82. The van der Waals surface area contributed by atoms with Gasteiger partial charge in [0.15, 0.2) is 0 Å². The van der Waals surface area contributed by atoms with Crippen molar-refractivity contribution in [2.24, 2.45) is 5.84 Å². The van der Waals surface area contributed by atoms with Crippen LogP contribution in [0.5, 0.6) is 0 Å². The van der Waals surface area contributed by atoms with Crippen molar-refractivity contribution in [1.82, 2.24) is 25.1 Å². The molecule has 0 aliphatic heterocycles. The maximum atomic E-state index is 5.82. The summed E-state index contributed by atoms with van der Waals surface area (Å²) in [6, 6.07) is -0.116. The molecule has 0 aromatic carbocycles. The molecular weight excluding hydrogens is 352 g/mol. The molecule has 0 radical (unpaired) electrons. The van der Waals surface area contributed by atoms with E-state index in [-0.39, 0.29) is 6.04 Å². The van der Waals surface area contributed by atoms with Gasteiger partial charge in [-0.3, -0.25) is 10.5 Å². The van der Waals surface area contributed by atoms with Crippen LogP contribution in [0.25, 0.3) is 0 Å². The fourth-order valence-electron chi connectivity index (χ4n) is 2.23. The van der Waals surface area contributed by atoms with Crippen molar-refractivity contribution < 1.29 is 0 Å².